The van der Waals surface area contributed by atoms with E-state index in [0.717, 1.165) is 0 Å². The van der Waals surface area contributed by atoms with Gasteiger partial charge in [0.05, 0.1) is 47.6 Å². The second-order valence-corrected chi connectivity index (χ2v) is 11.0. The Morgan fingerprint density at radius 1 is 1.13 bits per heavy atom. The Morgan fingerprint density at radius 3 is 2.67 bits per heavy atom. The molecular weight excluding hydrogens is 552 g/mol. The first kappa shape index (κ1) is 26.9. The smallest absolute Gasteiger partial charge is 0.232 e. The van der Waals surface area contributed by atoms with E-state index in [1.54, 1.807) is 18.2 Å². The van der Waals surface area contributed by atoms with Crippen molar-refractivity contribution in [2.24, 2.45) is 0 Å². The quantitative estimate of drug-likeness (QED) is 0.318. The van der Waals surface area contributed by atoms with Crippen LogP contribution in [0.2, 0.25) is 5.02 Å². The van der Waals surface area contributed by atoms with Crippen LogP contribution in [-0.2, 0) is 14.8 Å². The standard InChI is InChI=1S/C25H24ClF2N7O3S/c26-17-13-15(14-30-23(17)29)24-32-20-6-5-18(31-22(20)25(33-24)35-8-10-38-11-9-35)16-3-1-4-19(21(16)28)34-39(36,37)12-2-7-27/h1,3-6,13-14,34H,2,7-12H2,(H2,29,30). The highest BCUT2D eigenvalue weighted by atomic mass is 35.5. The Labute approximate surface area is 228 Å². The summed E-state index contributed by atoms with van der Waals surface area (Å²) >= 11 is 6.17. The number of aromatic nitrogens is 4. The van der Waals surface area contributed by atoms with Crippen molar-refractivity contribution in [2.75, 3.05) is 54.1 Å². The molecule has 1 aliphatic rings. The maximum absolute atomic E-state index is 15.5. The lowest BCUT2D eigenvalue weighted by molar-refractivity contribution is 0.122. The monoisotopic (exact) mass is 575 g/mol. The van der Waals surface area contributed by atoms with Gasteiger partial charge in [0.25, 0.3) is 0 Å². The van der Waals surface area contributed by atoms with Gasteiger partial charge in [-0.1, -0.05) is 17.7 Å². The summed E-state index contributed by atoms with van der Waals surface area (Å²) in [5.74, 6) is -0.185. The van der Waals surface area contributed by atoms with Crippen LogP contribution >= 0.6 is 11.6 Å². The van der Waals surface area contributed by atoms with Crippen molar-refractivity contribution in [2.45, 2.75) is 6.42 Å². The Morgan fingerprint density at radius 2 is 1.92 bits per heavy atom. The van der Waals surface area contributed by atoms with E-state index in [9.17, 15) is 12.8 Å². The van der Waals surface area contributed by atoms with Crippen molar-refractivity contribution >= 4 is 50.0 Å². The number of pyridine rings is 2. The van der Waals surface area contributed by atoms with Gasteiger partial charge in [0.15, 0.2) is 17.5 Å². The van der Waals surface area contributed by atoms with Gasteiger partial charge in [-0.05, 0) is 36.8 Å². The molecule has 204 valence electrons. The summed E-state index contributed by atoms with van der Waals surface area (Å²) in [5.41, 5.74) is 7.34. The summed E-state index contributed by atoms with van der Waals surface area (Å²) in [6.45, 7) is 1.32. The minimum absolute atomic E-state index is 0.0779. The summed E-state index contributed by atoms with van der Waals surface area (Å²) in [7, 11) is -3.92. The molecule has 3 N–H and O–H groups in total. The molecule has 4 aromatic rings. The van der Waals surface area contributed by atoms with Crippen LogP contribution in [0, 0.1) is 5.82 Å². The zero-order chi connectivity index (χ0) is 27.6. The van der Waals surface area contributed by atoms with Crippen molar-refractivity contribution in [3.8, 4) is 22.6 Å². The van der Waals surface area contributed by atoms with E-state index >= 15 is 4.39 Å². The summed E-state index contributed by atoms with van der Waals surface area (Å²) < 4.78 is 60.1. The van der Waals surface area contributed by atoms with Gasteiger partial charge in [-0.2, -0.15) is 0 Å². The number of hydrogen-bond acceptors (Lipinski definition) is 9. The zero-order valence-corrected chi connectivity index (χ0v) is 22.1. The van der Waals surface area contributed by atoms with Gasteiger partial charge in [-0.3, -0.25) is 9.11 Å². The molecule has 1 aliphatic heterocycles. The summed E-state index contributed by atoms with van der Waals surface area (Å²) in [6, 6.07) is 9.22. The first-order chi connectivity index (χ1) is 18.8. The fraction of sp³-hybridized carbons (Fsp3) is 0.280. The topological polar surface area (TPSA) is 136 Å². The van der Waals surface area contributed by atoms with Gasteiger partial charge in [-0.15, -0.1) is 0 Å². The number of nitrogens with two attached hydrogens (primary N) is 1. The molecule has 3 aromatic heterocycles. The van der Waals surface area contributed by atoms with Gasteiger partial charge in [-0.25, -0.2) is 32.7 Å². The molecule has 0 atom stereocenters. The lowest BCUT2D eigenvalue weighted by Gasteiger charge is -2.28. The number of sulfonamides is 1. The molecule has 4 heterocycles. The molecule has 14 heteroatoms. The third-order valence-corrected chi connectivity index (χ3v) is 7.71. The fourth-order valence-electron chi connectivity index (χ4n) is 4.12. The third-order valence-electron chi connectivity index (χ3n) is 6.05. The van der Waals surface area contributed by atoms with Crippen molar-refractivity contribution in [3.05, 3.63) is 53.4 Å². The lowest BCUT2D eigenvalue weighted by Crippen LogP contribution is -2.37. The average molecular weight is 576 g/mol. The van der Waals surface area contributed by atoms with E-state index in [4.69, 9.17) is 32.0 Å². The number of benzene rings is 1. The SMILES string of the molecule is Nc1ncc(-c2nc(N3CCOCC3)c3nc(-c4cccc(NS(=O)(=O)CCCF)c4F)ccc3n2)cc1Cl. The number of nitrogen functional groups attached to an aromatic ring is 1. The Balaban J connectivity index is 1.60. The highest BCUT2D eigenvalue weighted by Gasteiger charge is 2.22. The zero-order valence-electron chi connectivity index (χ0n) is 20.6. The summed E-state index contributed by atoms with van der Waals surface area (Å²) in [6.07, 6.45) is 1.34. The lowest BCUT2D eigenvalue weighted by atomic mass is 10.1. The van der Waals surface area contributed by atoms with Crippen molar-refractivity contribution in [1.82, 2.24) is 19.9 Å². The number of anilines is 3. The minimum Gasteiger partial charge on any atom is -0.382 e. The van der Waals surface area contributed by atoms with Crippen LogP contribution < -0.4 is 15.4 Å². The van der Waals surface area contributed by atoms with Gasteiger partial charge >= 0.3 is 0 Å². The predicted molar refractivity (Wildman–Crippen MR) is 146 cm³/mol. The first-order valence-electron chi connectivity index (χ1n) is 12.0. The molecule has 0 radical (unpaired) electrons. The maximum atomic E-state index is 15.5. The molecule has 1 saturated heterocycles. The number of nitrogens with zero attached hydrogens (tertiary/aromatic N) is 5. The number of hydrogen-bond donors (Lipinski definition) is 2. The van der Waals surface area contributed by atoms with Crippen LogP contribution in [0.4, 0.5) is 26.1 Å². The number of alkyl halides is 1. The van der Waals surface area contributed by atoms with Crippen molar-refractivity contribution in [3.63, 3.8) is 0 Å². The van der Waals surface area contributed by atoms with E-state index in [-0.39, 0.29) is 34.2 Å². The molecule has 0 unspecified atom stereocenters. The maximum Gasteiger partial charge on any atom is 0.232 e. The predicted octanol–water partition coefficient (Wildman–Crippen LogP) is 4.07. The molecule has 0 spiro atoms. The molecule has 1 aromatic carbocycles. The molecular formula is C25H24ClF2N7O3S. The second kappa shape index (κ2) is 11.2. The number of rotatable bonds is 8. The highest BCUT2D eigenvalue weighted by Crippen LogP contribution is 2.33. The highest BCUT2D eigenvalue weighted by molar-refractivity contribution is 7.92. The number of morpholine rings is 1. The summed E-state index contributed by atoms with van der Waals surface area (Å²) in [5, 5.41) is 0.272. The van der Waals surface area contributed by atoms with Crippen LogP contribution in [0.5, 0.6) is 0 Å². The van der Waals surface area contributed by atoms with Gasteiger partial charge < -0.3 is 15.4 Å². The van der Waals surface area contributed by atoms with Crippen LogP contribution in [0.25, 0.3) is 33.7 Å². The van der Waals surface area contributed by atoms with E-state index in [2.05, 4.69) is 14.7 Å². The van der Waals surface area contributed by atoms with Crippen LogP contribution in [0.1, 0.15) is 6.42 Å². The van der Waals surface area contributed by atoms with Crippen molar-refractivity contribution in [1.29, 1.82) is 0 Å². The molecule has 0 bridgehead atoms. The normalized spacial score (nSPS) is 14.1. The molecule has 0 saturated carbocycles. The number of fused-ring (bicyclic) bond motifs is 1. The Kier molecular flexibility index (Phi) is 7.73. The van der Waals surface area contributed by atoms with Crippen molar-refractivity contribution < 1.29 is 21.9 Å². The first-order valence-corrected chi connectivity index (χ1v) is 14.1. The number of ether oxygens (including phenoxy) is 1. The molecule has 1 fully saturated rings. The average Bonchev–Trinajstić information content (AvgIpc) is 2.94. The number of nitrogens with one attached hydrogen (secondary N) is 1. The van der Waals surface area contributed by atoms with Gasteiger partial charge in [0, 0.05) is 30.4 Å². The minimum atomic E-state index is -3.92. The van der Waals surface area contributed by atoms with E-state index in [1.807, 2.05) is 4.90 Å². The third kappa shape index (κ3) is 5.84. The Bertz CT molecular complexity index is 1640. The van der Waals surface area contributed by atoms with E-state index in [0.29, 0.717) is 54.5 Å². The molecule has 39 heavy (non-hydrogen) atoms. The van der Waals surface area contributed by atoms with Gasteiger partial charge in [0.1, 0.15) is 11.3 Å². The van der Waals surface area contributed by atoms with Gasteiger partial charge in [0.2, 0.25) is 10.0 Å². The Hall–Kier alpha value is -3.68. The molecule has 10 nitrogen and oxygen atoms in total. The molecule has 0 amide bonds. The van der Waals surface area contributed by atoms with Crippen LogP contribution in [-0.4, -0.2) is 67.1 Å². The van der Waals surface area contributed by atoms with Crippen LogP contribution in [0.3, 0.4) is 0 Å². The summed E-state index contributed by atoms with van der Waals surface area (Å²) in [4.78, 5) is 20.2. The van der Waals surface area contributed by atoms with Crippen LogP contribution in [0.15, 0.2) is 42.6 Å². The largest absolute Gasteiger partial charge is 0.382 e. The fourth-order valence-corrected chi connectivity index (χ4v) is 5.37. The molecule has 0 aliphatic carbocycles. The second-order valence-electron chi connectivity index (χ2n) is 8.76. The van der Waals surface area contributed by atoms with E-state index < -0.39 is 28.3 Å². The number of halogens is 3. The molecule has 5 rings (SSSR count). The van der Waals surface area contributed by atoms with E-state index in [1.165, 1.54) is 24.4 Å².